The highest BCUT2D eigenvalue weighted by molar-refractivity contribution is 7.07. The number of likely N-dealkylation sites (tertiary alicyclic amines) is 1. The zero-order valence-electron chi connectivity index (χ0n) is 11.8. The standard InChI is InChI=1S/C15H25NO2S/c1-18-8-3-6-15(13-17)5-2-7-16(12-15)10-14-4-9-19-11-14/h4,9,11,17H,2-3,5-8,10,12-13H2,1H3/t15-/m0/s1. The molecule has 0 bridgehead atoms. The smallest absolute Gasteiger partial charge is 0.0499 e. The number of aliphatic hydroxyl groups is 1. The molecule has 3 nitrogen and oxygen atoms in total. The molecule has 4 heteroatoms. The topological polar surface area (TPSA) is 32.7 Å². The van der Waals surface area contributed by atoms with E-state index in [0.29, 0.717) is 6.61 Å². The first-order valence-corrected chi connectivity index (χ1v) is 8.05. The van der Waals surface area contributed by atoms with Crippen molar-refractivity contribution >= 4 is 11.3 Å². The molecule has 0 aliphatic carbocycles. The van der Waals surface area contributed by atoms with Crippen molar-refractivity contribution in [3.8, 4) is 0 Å². The minimum atomic E-state index is 0.0901. The zero-order chi connectivity index (χ0) is 13.6. The quantitative estimate of drug-likeness (QED) is 0.781. The van der Waals surface area contributed by atoms with Crippen LogP contribution < -0.4 is 0 Å². The Bertz CT molecular complexity index is 355. The molecule has 1 aliphatic heterocycles. The third kappa shape index (κ3) is 4.28. The molecule has 0 unspecified atom stereocenters. The van der Waals surface area contributed by atoms with E-state index < -0.39 is 0 Å². The maximum atomic E-state index is 9.82. The van der Waals surface area contributed by atoms with Gasteiger partial charge in [-0.2, -0.15) is 11.3 Å². The summed E-state index contributed by atoms with van der Waals surface area (Å²) in [5, 5.41) is 14.2. The van der Waals surface area contributed by atoms with Gasteiger partial charge in [0.15, 0.2) is 0 Å². The third-order valence-corrected chi connectivity index (χ3v) is 4.85. The normalized spacial score (nSPS) is 24.7. The Morgan fingerprint density at radius 3 is 3.11 bits per heavy atom. The summed E-state index contributed by atoms with van der Waals surface area (Å²) in [6.07, 6.45) is 4.45. The van der Waals surface area contributed by atoms with Gasteiger partial charge in [-0.3, -0.25) is 4.90 Å². The summed E-state index contributed by atoms with van der Waals surface area (Å²) in [5.74, 6) is 0. The molecule has 2 rings (SSSR count). The van der Waals surface area contributed by atoms with Crippen molar-refractivity contribution < 1.29 is 9.84 Å². The predicted molar refractivity (Wildman–Crippen MR) is 79.5 cm³/mol. The van der Waals surface area contributed by atoms with Crippen LogP contribution >= 0.6 is 11.3 Å². The van der Waals surface area contributed by atoms with E-state index in [0.717, 1.165) is 45.5 Å². The zero-order valence-corrected chi connectivity index (χ0v) is 12.6. The average molecular weight is 283 g/mol. The number of aliphatic hydroxyl groups excluding tert-OH is 1. The van der Waals surface area contributed by atoms with E-state index in [1.807, 2.05) is 0 Å². The maximum Gasteiger partial charge on any atom is 0.0499 e. The summed E-state index contributed by atoms with van der Waals surface area (Å²) in [5.41, 5.74) is 1.49. The maximum absolute atomic E-state index is 9.82. The van der Waals surface area contributed by atoms with Gasteiger partial charge in [0.05, 0.1) is 0 Å². The lowest BCUT2D eigenvalue weighted by molar-refractivity contribution is 0.0159. The van der Waals surface area contributed by atoms with Crippen molar-refractivity contribution in [1.82, 2.24) is 4.90 Å². The van der Waals surface area contributed by atoms with Crippen molar-refractivity contribution in [2.75, 3.05) is 33.4 Å². The summed E-state index contributed by atoms with van der Waals surface area (Å²) in [7, 11) is 1.75. The van der Waals surface area contributed by atoms with Crippen LogP contribution in [0.25, 0.3) is 0 Å². The minimum absolute atomic E-state index is 0.0901. The predicted octanol–water partition coefficient (Wildman–Crippen LogP) is 2.75. The van der Waals surface area contributed by atoms with Crippen LogP contribution in [0.1, 0.15) is 31.2 Å². The van der Waals surface area contributed by atoms with Crippen molar-refractivity contribution in [3.05, 3.63) is 22.4 Å². The van der Waals surface area contributed by atoms with Gasteiger partial charge in [0, 0.05) is 38.8 Å². The van der Waals surface area contributed by atoms with Crippen LogP contribution in [-0.2, 0) is 11.3 Å². The molecule has 0 aromatic carbocycles. The molecular weight excluding hydrogens is 258 g/mol. The molecule has 1 saturated heterocycles. The molecule has 1 aliphatic rings. The van der Waals surface area contributed by atoms with Gasteiger partial charge in [-0.25, -0.2) is 0 Å². The van der Waals surface area contributed by atoms with Gasteiger partial charge in [0.1, 0.15) is 0 Å². The third-order valence-electron chi connectivity index (χ3n) is 4.12. The van der Waals surface area contributed by atoms with Crippen molar-refractivity contribution in [2.24, 2.45) is 5.41 Å². The second-order valence-corrected chi connectivity index (χ2v) is 6.48. The summed E-state index contributed by atoms with van der Waals surface area (Å²) >= 11 is 1.76. The summed E-state index contributed by atoms with van der Waals surface area (Å²) in [6.45, 7) is 4.30. The number of hydrogen-bond acceptors (Lipinski definition) is 4. The highest BCUT2D eigenvalue weighted by Gasteiger charge is 2.34. The molecule has 0 saturated carbocycles. The van der Waals surface area contributed by atoms with Crippen LogP contribution in [0.15, 0.2) is 16.8 Å². The Kier molecular flexibility index (Phi) is 5.82. The van der Waals surface area contributed by atoms with Gasteiger partial charge >= 0.3 is 0 Å². The van der Waals surface area contributed by atoms with Crippen LogP contribution in [0.4, 0.5) is 0 Å². The molecule has 108 valence electrons. The fraction of sp³-hybridized carbons (Fsp3) is 0.733. The molecule has 1 aromatic rings. The Morgan fingerprint density at radius 1 is 1.53 bits per heavy atom. The van der Waals surface area contributed by atoms with Gasteiger partial charge in [0.2, 0.25) is 0 Å². The molecule has 1 atom stereocenters. The van der Waals surface area contributed by atoms with Gasteiger partial charge in [0.25, 0.3) is 0 Å². The Morgan fingerprint density at radius 2 is 2.42 bits per heavy atom. The molecule has 1 N–H and O–H groups in total. The number of thiophene rings is 1. The Labute approximate surface area is 120 Å². The fourth-order valence-electron chi connectivity index (χ4n) is 3.09. The van der Waals surface area contributed by atoms with E-state index in [-0.39, 0.29) is 5.41 Å². The van der Waals surface area contributed by atoms with E-state index in [2.05, 4.69) is 21.7 Å². The van der Waals surface area contributed by atoms with Crippen molar-refractivity contribution in [2.45, 2.75) is 32.2 Å². The van der Waals surface area contributed by atoms with Gasteiger partial charge in [-0.15, -0.1) is 0 Å². The van der Waals surface area contributed by atoms with E-state index >= 15 is 0 Å². The van der Waals surface area contributed by atoms with E-state index in [9.17, 15) is 5.11 Å². The number of piperidine rings is 1. The number of methoxy groups -OCH3 is 1. The lowest BCUT2D eigenvalue weighted by Gasteiger charge is -2.42. The second kappa shape index (κ2) is 7.39. The molecule has 0 radical (unpaired) electrons. The monoisotopic (exact) mass is 283 g/mol. The van der Waals surface area contributed by atoms with Crippen LogP contribution in [0.5, 0.6) is 0 Å². The van der Waals surface area contributed by atoms with Crippen LogP contribution in [-0.4, -0.2) is 43.4 Å². The summed E-state index contributed by atoms with van der Waals surface area (Å²) < 4.78 is 5.14. The first-order valence-electron chi connectivity index (χ1n) is 7.11. The molecule has 0 amide bonds. The number of nitrogens with zero attached hydrogens (tertiary/aromatic N) is 1. The van der Waals surface area contributed by atoms with E-state index in [1.165, 1.54) is 12.0 Å². The fourth-order valence-corrected chi connectivity index (χ4v) is 3.75. The molecule has 1 aromatic heterocycles. The Balaban J connectivity index is 1.89. The average Bonchev–Trinajstić information content (AvgIpc) is 2.92. The summed E-state index contributed by atoms with van der Waals surface area (Å²) in [6, 6.07) is 2.20. The highest BCUT2D eigenvalue weighted by atomic mass is 32.1. The molecule has 19 heavy (non-hydrogen) atoms. The number of ether oxygens (including phenoxy) is 1. The van der Waals surface area contributed by atoms with E-state index in [4.69, 9.17) is 4.74 Å². The van der Waals surface area contributed by atoms with Gasteiger partial charge in [-0.1, -0.05) is 0 Å². The lowest BCUT2D eigenvalue weighted by atomic mass is 9.77. The number of hydrogen-bond donors (Lipinski definition) is 1. The van der Waals surface area contributed by atoms with Crippen LogP contribution in [0.2, 0.25) is 0 Å². The molecule has 1 fully saturated rings. The largest absolute Gasteiger partial charge is 0.396 e. The van der Waals surface area contributed by atoms with Gasteiger partial charge in [-0.05, 0) is 54.6 Å². The van der Waals surface area contributed by atoms with E-state index in [1.54, 1.807) is 18.4 Å². The van der Waals surface area contributed by atoms with Crippen LogP contribution in [0.3, 0.4) is 0 Å². The Hall–Kier alpha value is -0.420. The highest BCUT2D eigenvalue weighted by Crippen LogP contribution is 2.34. The lowest BCUT2D eigenvalue weighted by Crippen LogP contribution is -2.45. The van der Waals surface area contributed by atoms with Gasteiger partial charge < -0.3 is 9.84 Å². The molecule has 0 spiro atoms. The first-order chi connectivity index (χ1) is 9.28. The minimum Gasteiger partial charge on any atom is -0.396 e. The SMILES string of the molecule is COCCC[C@@]1(CO)CCCN(Cc2ccsc2)C1. The second-order valence-electron chi connectivity index (χ2n) is 5.70. The van der Waals surface area contributed by atoms with Crippen molar-refractivity contribution in [3.63, 3.8) is 0 Å². The summed E-state index contributed by atoms with van der Waals surface area (Å²) in [4.78, 5) is 2.49. The molecule has 2 heterocycles. The molecular formula is C15H25NO2S. The van der Waals surface area contributed by atoms with Crippen molar-refractivity contribution in [1.29, 1.82) is 0 Å². The number of rotatable bonds is 7. The first kappa shape index (κ1) is 15.0. The van der Waals surface area contributed by atoms with Crippen LogP contribution in [0, 0.1) is 5.41 Å².